The molecular formula is C25H27F2N5O2. The fourth-order valence-electron chi connectivity index (χ4n) is 3.90. The van der Waals surface area contributed by atoms with Crippen molar-refractivity contribution in [2.45, 2.75) is 26.9 Å². The number of hydrogen-bond acceptors (Lipinski definition) is 7. The summed E-state index contributed by atoms with van der Waals surface area (Å²) < 4.78 is 37.6. The molecular weight excluding hydrogens is 440 g/mol. The van der Waals surface area contributed by atoms with Crippen LogP contribution in [-0.2, 0) is 6.54 Å². The van der Waals surface area contributed by atoms with Gasteiger partial charge in [-0.15, -0.1) is 0 Å². The van der Waals surface area contributed by atoms with E-state index >= 15 is 0 Å². The number of nitriles is 1. The van der Waals surface area contributed by atoms with Gasteiger partial charge in [0.15, 0.2) is 0 Å². The van der Waals surface area contributed by atoms with Crippen molar-refractivity contribution < 1.29 is 18.3 Å². The van der Waals surface area contributed by atoms with Gasteiger partial charge in [0.25, 0.3) is 0 Å². The van der Waals surface area contributed by atoms with Crippen LogP contribution in [0.1, 0.15) is 22.3 Å². The maximum atomic E-state index is 13.5. The molecule has 0 fully saturated rings. The van der Waals surface area contributed by atoms with Gasteiger partial charge in [0.05, 0.1) is 36.8 Å². The molecule has 0 bridgehead atoms. The van der Waals surface area contributed by atoms with Crippen LogP contribution in [0.3, 0.4) is 0 Å². The molecule has 0 amide bonds. The number of alkyl halides is 2. The van der Waals surface area contributed by atoms with E-state index in [-0.39, 0.29) is 21.9 Å². The van der Waals surface area contributed by atoms with Gasteiger partial charge in [0, 0.05) is 12.1 Å². The van der Waals surface area contributed by atoms with Gasteiger partial charge in [-0.2, -0.15) is 14.0 Å². The minimum Gasteiger partial charge on any atom is -0.497 e. The molecule has 0 aromatic heterocycles. The van der Waals surface area contributed by atoms with Crippen LogP contribution in [0, 0.1) is 25.2 Å². The van der Waals surface area contributed by atoms with Gasteiger partial charge in [-0.3, -0.25) is 0 Å². The predicted molar refractivity (Wildman–Crippen MR) is 130 cm³/mol. The molecule has 3 rings (SSSR count). The highest BCUT2D eigenvalue weighted by atomic mass is 19.3. The van der Waals surface area contributed by atoms with Gasteiger partial charge in [0.2, 0.25) is 0 Å². The first-order valence-electron chi connectivity index (χ1n) is 10.4. The molecule has 9 heteroatoms. The van der Waals surface area contributed by atoms with Crippen molar-refractivity contribution in [2.75, 3.05) is 30.3 Å². The Morgan fingerprint density at radius 1 is 1.06 bits per heavy atom. The van der Waals surface area contributed by atoms with Crippen molar-refractivity contribution in [3.63, 3.8) is 0 Å². The Morgan fingerprint density at radius 2 is 1.74 bits per heavy atom. The number of methoxy groups -OCH3 is 2. The van der Waals surface area contributed by atoms with Crippen LogP contribution in [0.15, 0.2) is 42.5 Å². The van der Waals surface area contributed by atoms with Crippen molar-refractivity contribution >= 4 is 17.1 Å². The topological polar surface area (TPSA) is 110 Å². The van der Waals surface area contributed by atoms with Gasteiger partial charge in [-0.25, -0.2) is 10.9 Å². The smallest absolute Gasteiger partial charge is 0.328 e. The van der Waals surface area contributed by atoms with Gasteiger partial charge < -0.3 is 20.5 Å². The number of nitrogens with one attached hydrogen (secondary N) is 1. The lowest BCUT2D eigenvalue weighted by Crippen LogP contribution is -2.36. The summed E-state index contributed by atoms with van der Waals surface area (Å²) >= 11 is 0. The molecule has 0 aliphatic heterocycles. The third-order valence-corrected chi connectivity index (χ3v) is 5.68. The Balaban J connectivity index is 2.25. The molecule has 0 unspecified atom stereocenters. The maximum absolute atomic E-state index is 13.5. The molecule has 7 nitrogen and oxygen atoms in total. The van der Waals surface area contributed by atoms with Crippen LogP contribution >= 0.6 is 0 Å². The number of benzene rings is 3. The van der Waals surface area contributed by atoms with E-state index in [9.17, 15) is 14.0 Å². The second kappa shape index (κ2) is 10.3. The van der Waals surface area contributed by atoms with Crippen molar-refractivity contribution in [1.29, 1.82) is 5.26 Å². The molecule has 0 heterocycles. The molecule has 0 saturated carbocycles. The number of rotatable bonds is 8. The largest absolute Gasteiger partial charge is 0.497 e. The Hall–Kier alpha value is -4.03. The van der Waals surface area contributed by atoms with Crippen molar-refractivity contribution in [3.8, 4) is 28.7 Å². The molecule has 3 aromatic carbocycles. The number of halogens is 2. The lowest BCUT2D eigenvalue weighted by molar-refractivity contribution is 0.142. The average molecular weight is 468 g/mol. The third kappa shape index (κ3) is 4.67. The van der Waals surface area contributed by atoms with E-state index in [0.29, 0.717) is 34.9 Å². The van der Waals surface area contributed by atoms with Crippen LogP contribution in [-0.4, -0.2) is 20.8 Å². The van der Waals surface area contributed by atoms with Crippen LogP contribution in [0.2, 0.25) is 0 Å². The zero-order valence-electron chi connectivity index (χ0n) is 19.4. The summed E-state index contributed by atoms with van der Waals surface area (Å²) in [5.74, 6) is 6.94. The second-order valence-corrected chi connectivity index (χ2v) is 7.69. The summed E-state index contributed by atoms with van der Waals surface area (Å²) in [6.07, 6.45) is 0. The number of ether oxygens (including phenoxy) is 2. The zero-order valence-corrected chi connectivity index (χ0v) is 19.4. The first-order chi connectivity index (χ1) is 16.2. The molecule has 178 valence electrons. The van der Waals surface area contributed by atoms with E-state index in [0.717, 1.165) is 16.7 Å². The SMILES string of the molecule is COc1ccc(CNc2c(C#N)cc(N(N)C(F)F)c(N)c2-c2c(C)ccc(OC)c2C)cc1. The molecule has 0 saturated heterocycles. The van der Waals surface area contributed by atoms with Crippen molar-refractivity contribution in [1.82, 2.24) is 0 Å². The molecule has 0 atom stereocenters. The van der Waals surface area contributed by atoms with E-state index in [1.54, 1.807) is 14.2 Å². The number of hydrazine groups is 1. The van der Waals surface area contributed by atoms with Crippen molar-refractivity contribution in [2.24, 2.45) is 5.84 Å². The lowest BCUT2D eigenvalue weighted by atomic mass is 9.90. The number of nitrogens with two attached hydrogens (primary N) is 2. The first-order valence-corrected chi connectivity index (χ1v) is 10.4. The number of nitrogen functional groups attached to an aromatic ring is 1. The third-order valence-electron chi connectivity index (χ3n) is 5.68. The minimum absolute atomic E-state index is 0.0264. The summed E-state index contributed by atoms with van der Waals surface area (Å²) in [4.78, 5) is 0. The van der Waals surface area contributed by atoms with Crippen molar-refractivity contribution in [3.05, 3.63) is 64.7 Å². The van der Waals surface area contributed by atoms with Crippen LogP contribution in [0.25, 0.3) is 11.1 Å². The van der Waals surface area contributed by atoms with E-state index in [4.69, 9.17) is 21.1 Å². The highest BCUT2D eigenvalue weighted by molar-refractivity contribution is 5.99. The Bertz CT molecular complexity index is 1220. The van der Waals surface area contributed by atoms with Gasteiger partial charge in [-0.05, 0) is 60.4 Å². The molecule has 34 heavy (non-hydrogen) atoms. The monoisotopic (exact) mass is 467 g/mol. The fraction of sp³-hybridized carbons (Fsp3) is 0.240. The summed E-state index contributed by atoms with van der Waals surface area (Å²) in [7, 11) is 3.13. The highest BCUT2D eigenvalue weighted by Crippen LogP contribution is 2.46. The van der Waals surface area contributed by atoms with E-state index in [1.807, 2.05) is 50.2 Å². The summed E-state index contributed by atoms with van der Waals surface area (Å²) in [6, 6.07) is 14.4. The lowest BCUT2D eigenvalue weighted by Gasteiger charge is -2.26. The predicted octanol–water partition coefficient (Wildman–Crippen LogP) is 4.96. The molecule has 0 aliphatic rings. The van der Waals surface area contributed by atoms with Crippen LogP contribution < -0.4 is 31.4 Å². The Morgan fingerprint density at radius 3 is 2.29 bits per heavy atom. The maximum Gasteiger partial charge on any atom is 0.328 e. The zero-order chi connectivity index (χ0) is 25.0. The summed E-state index contributed by atoms with van der Waals surface area (Å²) in [5, 5.41) is 13.5. The minimum atomic E-state index is -3.01. The van der Waals surface area contributed by atoms with Gasteiger partial charge >= 0.3 is 6.55 Å². The quantitative estimate of drug-likeness (QED) is 0.186. The average Bonchev–Trinajstić information content (AvgIpc) is 2.83. The number of nitrogens with zero attached hydrogens (tertiary/aromatic N) is 2. The van der Waals surface area contributed by atoms with Crippen LogP contribution in [0.4, 0.5) is 25.8 Å². The normalized spacial score (nSPS) is 10.7. The molecule has 0 aliphatic carbocycles. The van der Waals surface area contributed by atoms with Gasteiger partial charge in [0.1, 0.15) is 17.6 Å². The molecule has 5 N–H and O–H groups in total. The Kier molecular flexibility index (Phi) is 7.44. The fourth-order valence-corrected chi connectivity index (χ4v) is 3.90. The van der Waals surface area contributed by atoms with Gasteiger partial charge in [-0.1, -0.05) is 18.2 Å². The summed E-state index contributed by atoms with van der Waals surface area (Å²) in [6.45, 7) is 1.07. The highest BCUT2D eigenvalue weighted by Gasteiger charge is 2.26. The van der Waals surface area contributed by atoms with E-state index in [1.165, 1.54) is 6.07 Å². The Labute approximate surface area is 197 Å². The number of aryl methyl sites for hydroxylation is 1. The molecule has 0 radical (unpaired) electrons. The number of hydrogen-bond donors (Lipinski definition) is 3. The number of anilines is 3. The van der Waals surface area contributed by atoms with E-state index < -0.39 is 6.55 Å². The first kappa shape index (κ1) is 24.6. The second-order valence-electron chi connectivity index (χ2n) is 7.69. The molecule has 3 aromatic rings. The summed E-state index contributed by atoms with van der Waals surface area (Å²) in [5.41, 5.74) is 10.5. The standard InChI is InChI=1S/C25H27F2N5O2/c1-14-5-10-20(34-4)15(2)21(14)22-23(29)19(32(30)25(26)27)11-17(12-28)24(22)31-13-16-6-8-18(33-3)9-7-16/h5-11,25,31H,13,29-30H2,1-4H3. The van der Waals surface area contributed by atoms with E-state index in [2.05, 4.69) is 11.4 Å². The van der Waals surface area contributed by atoms with Crippen LogP contribution in [0.5, 0.6) is 11.5 Å². The molecule has 0 spiro atoms.